The number of nitrogens with zero attached hydrogens (tertiary/aromatic N) is 1. The van der Waals surface area contributed by atoms with E-state index in [-0.39, 0.29) is 24.0 Å². The summed E-state index contributed by atoms with van der Waals surface area (Å²) >= 11 is 0. The Hall–Kier alpha value is -1.86. The first-order chi connectivity index (χ1) is 17.3. The molecule has 1 saturated heterocycles. The molecule has 0 bridgehead atoms. The van der Waals surface area contributed by atoms with Crippen LogP contribution >= 0.6 is 10.2 Å². The van der Waals surface area contributed by atoms with Gasteiger partial charge in [0.05, 0.1) is 17.4 Å². The maximum atomic E-state index is 14.7. The lowest BCUT2D eigenvalue weighted by atomic mass is 9.68. The quantitative estimate of drug-likeness (QED) is 0.374. The van der Waals surface area contributed by atoms with E-state index in [0.717, 1.165) is 6.07 Å². The van der Waals surface area contributed by atoms with Gasteiger partial charge in [0.1, 0.15) is 22.9 Å². The Labute approximate surface area is 216 Å². The van der Waals surface area contributed by atoms with Crippen LogP contribution in [0.1, 0.15) is 105 Å². The van der Waals surface area contributed by atoms with E-state index in [1.807, 2.05) is 27.7 Å². The summed E-state index contributed by atoms with van der Waals surface area (Å²) < 4.78 is 93.7. The average Bonchev–Trinajstić information content (AvgIpc) is 3.09. The third-order valence-electron chi connectivity index (χ3n) is 7.97. The van der Waals surface area contributed by atoms with Gasteiger partial charge in [0.2, 0.25) is 0 Å². The van der Waals surface area contributed by atoms with Crippen molar-refractivity contribution in [3.63, 3.8) is 0 Å². The van der Waals surface area contributed by atoms with Crippen molar-refractivity contribution in [2.75, 3.05) is 13.2 Å². The van der Waals surface area contributed by atoms with E-state index < -0.39 is 50.3 Å². The van der Waals surface area contributed by atoms with E-state index in [9.17, 15) is 34.0 Å². The molecule has 1 spiro atoms. The van der Waals surface area contributed by atoms with Crippen molar-refractivity contribution in [2.24, 2.45) is 5.41 Å². The summed E-state index contributed by atoms with van der Waals surface area (Å²) in [6.07, 6.45) is -2.25. The summed E-state index contributed by atoms with van der Waals surface area (Å²) in [4.78, 5) is 2.18. The number of halogens is 6. The van der Waals surface area contributed by atoms with E-state index in [1.165, 1.54) is 0 Å². The van der Waals surface area contributed by atoms with Gasteiger partial charge in [-0.15, -0.1) is 0 Å². The molecular formula is C26H31F6NO4S. The van der Waals surface area contributed by atoms with E-state index in [4.69, 9.17) is 14.5 Å². The Morgan fingerprint density at radius 2 is 1.66 bits per heavy atom. The van der Waals surface area contributed by atoms with Crippen LogP contribution in [0.5, 0.6) is 0 Å². The minimum atomic E-state index is -10.3. The molecule has 0 radical (unpaired) electrons. The number of benzene rings is 1. The molecule has 212 valence electrons. The minimum absolute atomic E-state index is 0.0617. The standard InChI is InChI=1S/C26H31F6NO4S/c1-13(2)21-19-20(18-16(34)12-25(3,4)24(35)22(18)33-21)26(7-9-36-10-8-26)37-23(19)14-5-6-17(15(27)11-14)38(28,29,30,31)32/h5-6,11,13,16,23-24,34-35H,7-10,12H2,1-4H3/t16-,23+,24-/m0/s1. The fourth-order valence-electron chi connectivity index (χ4n) is 6.12. The molecule has 38 heavy (non-hydrogen) atoms. The molecule has 3 heterocycles. The van der Waals surface area contributed by atoms with Gasteiger partial charge in [-0.3, -0.25) is 4.98 Å². The van der Waals surface area contributed by atoms with E-state index in [1.54, 1.807) is 0 Å². The fraction of sp³-hybridized carbons (Fsp3) is 0.577. The zero-order valence-electron chi connectivity index (χ0n) is 21.4. The van der Waals surface area contributed by atoms with E-state index >= 15 is 0 Å². The van der Waals surface area contributed by atoms with Gasteiger partial charge in [0, 0.05) is 42.9 Å². The topological polar surface area (TPSA) is 71.8 Å². The molecular weight excluding hydrogens is 536 g/mol. The van der Waals surface area contributed by atoms with Crippen LogP contribution in [-0.4, -0.2) is 28.4 Å². The molecule has 1 fully saturated rings. The molecule has 5 rings (SSSR count). The predicted molar refractivity (Wildman–Crippen MR) is 129 cm³/mol. The van der Waals surface area contributed by atoms with Crippen LogP contribution in [0.4, 0.5) is 23.8 Å². The third-order valence-corrected chi connectivity index (χ3v) is 9.13. The molecule has 2 N–H and O–H groups in total. The zero-order chi connectivity index (χ0) is 28.1. The molecule has 5 nitrogen and oxygen atoms in total. The Kier molecular flexibility index (Phi) is 5.74. The first kappa shape index (κ1) is 27.7. The van der Waals surface area contributed by atoms with Crippen LogP contribution in [0.15, 0.2) is 23.1 Å². The lowest BCUT2D eigenvalue weighted by molar-refractivity contribution is -0.123. The maximum Gasteiger partial charge on any atom is 0.313 e. The fourth-order valence-corrected chi connectivity index (χ4v) is 6.87. The molecule has 3 aliphatic rings. The molecule has 2 aliphatic heterocycles. The van der Waals surface area contributed by atoms with Gasteiger partial charge in [0.15, 0.2) is 0 Å². The van der Waals surface area contributed by atoms with Crippen LogP contribution < -0.4 is 0 Å². The highest BCUT2D eigenvalue weighted by Gasteiger charge is 2.67. The molecule has 2 aromatic rings. The number of rotatable bonds is 3. The Morgan fingerprint density at radius 3 is 2.21 bits per heavy atom. The second-order valence-electron chi connectivity index (χ2n) is 11.6. The minimum Gasteiger partial charge on any atom is -0.388 e. The number of ether oxygens (including phenoxy) is 2. The van der Waals surface area contributed by atoms with Crippen LogP contribution in [0.3, 0.4) is 0 Å². The number of pyridine rings is 1. The van der Waals surface area contributed by atoms with Crippen molar-refractivity contribution < 1.29 is 43.5 Å². The van der Waals surface area contributed by atoms with Gasteiger partial charge in [-0.2, -0.15) is 0 Å². The van der Waals surface area contributed by atoms with Gasteiger partial charge in [-0.05, 0) is 41.0 Å². The highest BCUT2D eigenvalue weighted by atomic mass is 32.5. The molecule has 0 unspecified atom stereocenters. The molecule has 12 heteroatoms. The van der Waals surface area contributed by atoms with Crippen molar-refractivity contribution in [3.05, 3.63) is 57.7 Å². The Morgan fingerprint density at radius 1 is 1.03 bits per heavy atom. The lowest BCUT2D eigenvalue weighted by Gasteiger charge is -2.42. The van der Waals surface area contributed by atoms with Crippen LogP contribution in [0.25, 0.3) is 0 Å². The highest BCUT2D eigenvalue weighted by Crippen LogP contribution is 3.02. The molecule has 0 saturated carbocycles. The third kappa shape index (κ3) is 4.32. The average molecular weight is 568 g/mol. The molecule has 1 aliphatic carbocycles. The summed E-state index contributed by atoms with van der Waals surface area (Å²) in [6, 6.07) is 1.31. The van der Waals surface area contributed by atoms with Gasteiger partial charge in [-0.25, -0.2) is 4.39 Å². The maximum absolute atomic E-state index is 14.7. The first-order valence-electron chi connectivity index (χ1n) is 12.5. The number of fused-ring (bicyclic) bond motifs is 4. The zero-order valence-corrected chi connectivity index (χ0v) is 22.2. The Bertz CT molecular complexity index is 1310. The van der Waals surface area contributed by atoms with Crippen LogP contribution in [0.2, 0.25) is 0 Å². The van der Waals surface area contributed by atoms with Gasteiger partial charge in [-0.1, -0.05) is 53.2 Å². The van der Waals surface area contributed by atoms with Gasteiger partial charge >= 0.3 is 10.2 Å². The SMILES string of the molecule is CC(C)c1nc2c(c3c1[C@@H](c1ccc(S(F)(F)(F)(F)F)c(F)c1)OC31CCOCC1)[C@@H](O)CC(C)(C)[C@H]2O. The van der Waals surface area contributed by atoms with E-state index in [0.29, 0.717) is 60.2 Å². The monoisotopic (exact) mass is 567 g/mol. The number of hydrogen-bond donors (Lipinski definition) is 2. The molecule has 0 amide bonds. The number of aliphatic hydroxyl groups is 2. The first-order valence-corrected chi connectivity index (χ1v) is 14.4. The lowest BCUT2D eigenvalue weighted by Crippen LogP contribution is -2.38. The normalized spacial score (nSPS) is 28.1. The van der Waals surface area contributed by atoms with Gasteiger partial charge in [0.25, 0.3) is 0 Å². The van der Waals surface area contributed by atoms with Crippen molar-refractivity contribution in [1.82, 2.24) is 4.98 Å². The summed E-state index contributed by atoms with van der Waals surface area (Å²) in [7, 11) is -10.3. The second kappa shape index (κ2) is 7.87. The van der Waals surface area contributed by atoms with Crippen molar-refractivity contribution >= 4 is 10.2 Å². The van der Waals surface area contributed by atoms with E-state index in [2.05, 4.69) is 0 Å². The Balaban J connectivity index is 1.78. The van der Waals surface area contributed by atoms with Crippen molar-refractivity contribution in [3.8, 4) is 0 Å². The number of aromatic nitrogens is 1. The smallest absolute Gasteiger partial charge is 0.313 e. The van der Waals surface area contributed by atoms with Gasteiger partial charge < -0.3 is 19.7 Å². The largest absolute Gasteiger partial charge is 0.388 e. The van der Waals surface area contributed by atoms with Crippen molar-refractivity contribution in [2.45, 2.75) is 81.7 Å². The molecule has 1 aromatic heterocycles. The van der Waals surface area contributed by atoms with Crippen LogP contribution in [-0.2, 0) is 15.1 Å². The number of aliphatic hydroxyl groups excluding tert-OH is 2. The predicted octanol–water partition coefficient (Wildman–Crippen LogP) is 7.62. The number of hydrogen-bond acceptors (Lipinski definition) is 5. The van der Waals surface area contributed by atoms with Crippen molar-refractivity contribution in [1.29, 1.82) is 0 Å². The highest BCUT2D eigenvalue weighted by molar-refractivity contribution is 8.45. The molecule has 1 aromatic carbocycles. The second-order valence-corrected chi connectivity index (χ2v) is 14.0. The summed E-state index contributed by atoms with van der Waals surface area (Å²) in [6.45, 7) is 7.91. The summed E-state index contributed by atoms with van der Waals surface area (Å²) in [5, 5.41) is 22.5. The molecule has 3 atom stereocenters. The summed E-state index contributed by atoms with van der Waals surface area (Å²) in [5.74, 6) is -2.34. The summed E-state index contributed by atoms with van der Waals surface area (Å²) in [5.41, 5.74) is 0.435. The van der Waals surface area contributed by atoms with Crippen LogP contribution in [0, 0.1) is 11.2 Å².